The third-order valence-electron chi connectivity index (χ3n) is 2.18. The summed E-state index contributed by atoms with van der Waals surface area (Å²) in [6.45, 7) is 1.38. The molecule has 0 aromatic heterocycles. The molecule has 1 aromatic rings. The quantitative estimate of drug-likeness (QED) is 0.560. The van der Waals surface area contributed by atoms with E-state index in [0.717, 1.165) is 0 Å². The van der Waals surface area contributed by atoms with Gasteiger partial charge in [0.05, 0.1) is 18.8 Å². The molecule has 5 N–H and O–H groups in total. The number of benzene rings is 1. The Bertz CT molecular complexity index is 312. The molecule has 0 spiro atoms. The van der Waals surface area contributed by atoms with Crippen LogP contribution in [0, 0.1) is 0 Å². The fourth-order valence-electron chi connectivity index (χ4n) is 1.31. The van der Waals surface area contributed by atoms with Crippen molar-refractivity contribution < 1.29 is 15.3 Å². The van der Waals surface area contributed by atoms with Crippen molar-refractivity contribution in [2.75, 3.05) is 0 Å². The summed E-state index contributed by atoms with van der Waals surface area (Å²) in [5, 5.41) is 27.5. The number of aliphatic hydroxyl groups excluding tert-OH is 2. The van der Waals surface area contributed by atoms with Gasteiger partial charge in [-0.15, -0.1) is 0 Å². The van der Waals surface area contributed by atoms with E-state index in [1.54, 1.807) is 13.0 Å². The van der Waals surface area contributed by atoms with Gasteiger partial charge < -0.3 is 21.1 Å². The van der Waals surface area contributed by atoms with Crippen LogP contribution in [0.5, 0.6) is 5.75 Å². The van der Waals surface area contributed by atoms with Crippen molar-refractivity contribution in [2.24, 2.45) is 5.73 Å². The molecule has 4 heteroatoms. The van der Waals surface area contributed by atoms with Crippen molar-refractivity contribution in [2.45, 2.75) is 25.7 Å². The Morgan fingerprint density at radius 2 is 2.07 bits per heavy atom. The first-order chi connectivity index (χ1) is 6.56. The molecule has 0 heterocycles. The zero-order chi connectivity index (χ0) is 10.7. The summed E-state index contributed by atoms with van der Waals surface area (Å²) in [5.41, 5.74) is 6.91. The number of hydrogen-bond donors (Lipinski definition) is 4. The summed E-state index contributed by atoms with van der Waals surface area (Å²) < 4.78 is 0. The zero-order valence-electron chi connectivity index (χ0n) is 8.01. The van der Waals surface area contributed by atoms with E-state index in [1.165, 1.54) is 12.1 Å². The van der Waals surface area contributed by atoms with Crippen molar-refractivity contribution in [3.05, 3.63) is 29.3 Å². The Morgan fingerprint density at radius 3 is 2.57 bits per heavy atom. The zero-order valence-corrected chi connectivity index (χ0v) is 8.01. The molecule has 78 valence electrons. The SMILES string of the molecule is C[C@H](O)[C@@H](N)c1ccc(O)cc1CO. The number of phenols is 1. The molecule has 0 saturated carbocycles. The van der Waals surface area contributed by atoms with E-state index in [9.17, 15) is 10.2 Å². The minimum absolute atomic E-state index is 0.0793. The summed E-state index contributed by atoms with van der Waals surface area (Å²) in [6.07, 6.45) is -0.690. The first-order valence-corrected chi connectivity index (χ1v) is 4.42. The fourth-order valence-corrected chi connectivity index (χ4v) is 1.31. The largest absolute Gasteiger partial charge is 0.508 e. The molecule has 0 aliphatic carbocycles. The average Bonchev–Trinajstić information content (AvgIpc) is 2.16. The van der Waals surface area contributed by atoms with Crippen LogP contribution in [-0.4, -0.2) is 21.4 Å². The number of nitrogens with two attached hydrogens (primary N) is 1. The summed E-state index contributed by atoms with van der Waals surface area (Å²) in [6, 6.07) is 3.99. The lowest BCUT2D eigenvalue weighted by Crippen LogP contribution is -2.24. The Hall–Kier alpha value is -1.10. The van der Waals surface area contributed by atoms with Gasteiger partial charge in [0.1, 0.15) is 5.75 Å². The molecule has 0 amide bonds. The van der Waals surface area contributed by atoms with Crippen molar-refractivity contribution >= 4 is 0 Å². The minimum Gasteiger partial charge on any atom is -0.508 e. The maximum absolute atomic E-state index is 9.29. The summed E-state index contributed by atoms with van der Waals surface area (Å²) in [5.74, 6) is 0.0793. The minimum atomic E-state index is -0.690. The summed E-state index contributed by atoms with van der Waals surface area (Å²) in [7, 11) is 0. The molecule has 0 unspecified atom stereocenters. The second-order valence-electron chi connectivity index (χ2n) is 3.31. The Morgan fingerprint density at radius 1 is 1.43 bits per heavy atom. The van der Waals surface area contributed by atoms with E-state index >= 15 is 0 Å². The van der Waals surface area contributed by atoms with Gasteiger partial charge in [0.15, 0.2) is 0 Å². The van der Waals surface area contributed by atoms with Crippen LogP contribution in [0.1, 0.15) is 24.1 Å². The van der Waals surface area contributed by atoms with E-state index in [-0.39, 0.29) is 12.4 Å². The van der Waals surface area contributed by atoms with E-state index in [1.807, 2.05) is 0 Å². The standard InChI is InChI=1S/C10H15NO3/c1-6(13)10(11)9-3-2-8(14)4-7(9)5-12/h2-4,6,10,12-14H,5,11H2,1H3/t6-,10+/m0/s1. The van der Waals surface area contributed by atoms with Crippen molar-refractivity contribution in [1.82, 2.24) is 0 Å². The van der Waals surface area contributed by atoms with Gasteiger partial charge in [-0.3, -0.25) is 0 Å². The monoisotopic (exact) mass is 197 g/mol. The summed E-state index contributed by atoms with van der Waals surface area (Å²) in [4.78, 5) is 0. The predicted molar refractivity (Wildman–Crippen MR) is 52.6 cm³/mol. The lowest BCUT2D eigenvalue weighted by atomic mass is 9.98. The number of rotatable bonds is 3. The van der Waals surface area contributed by atoms with Crippen LogP contribution in [0.4, 0.5) is 0 Å². The van der Waals surface area contributed by atoms with Gasteiger partial charge in [-0.05, 0) is 30.2 Å². The molecule has 0 fully saturated rings. The Kier molecular flexibility index (Phi) is 3.46. The number of aromatic hydroxyl groups is 1. The van der Waals surface area contributed by atoms with Crippen LogP contribution >= 0.6 is 0 Å². The Balaban J connectivity index is 3.07. The molecular weight excluding hydrogens is 182 g/mol. The molecular formula is C10H15NO3. The molecule has 0 aliphatic heterocycles. The normalized spacial score (nSPS) is 15.1. The van der Waals surface area contributed by atoms with Crippen LogP contribution < -0.4 is 5.73 Å². The molecule has 4 nitrogen and oxygen atoms in total. The second kappa shape index (κ2) is 4.41. The Labute approximate surface area is 82.6 Å². The molecule has 14 heavy (non-hydrogen) atoms. The molecule has 0 bridgehead atoms. The molecule has 0 saturated heterocycles. The van der Waals surface area contributed by atoms with Gasteiger partial charge in [-0.1, -0.05) is 6.07 Å². The van der Waals surface area contributed by atoms with Crippen LogP contribution in [0.25, 0.3) is 0 Å². The third kappa shape index (κ3) is 2.23. The molecule has 0 radical (unpaired) electrons. The van der Waals surface area contributed by atoms with Crippen molar-refractivity contribution in [1.29, 1.82) is 0 Å². The predicted octanol–water partition coefficient (Wildman–Crippen LogP) is 0.265. The van der Waals surface area contributed by atoms with E-state index in [2.05, 4.69) is 0 Å². The first-order valence-electron chi connectivity index (χ1n) is 4.42. The maximum atomic E-state index is 9.29. The van der Waals surface area contributed by atoms with Crippen LogP contribution in [0.15, 0.2) is 18.2 Å². The van der Waals surface area contributed by atoms with Gasteiger partial charge in [0, 0.05) is 0 Å². The smallest absolute Gasteiger partial charge is 0.115 e. The van der Waals surface area contributed by atoms with E-state index in [4.69, 9.17) is 10.8 Å². The maximum Gasteiger partial charge on any atom is 0.115 e. The van der Waals surface area contributed by atoms with Gasteiger partial charge in [0.25, 0.3) is 0 Å². The third-order valence-corrected chi connectivity index (χ3v) is 2.18. The lowest BCUT2D eigenvalue weighted by molar-refractivity contribution is 0.162. The molecule has 1 aromatic carbocycles. The van der Waals surface area contributed by atoms with Crippen molar-refractivity contribution in [3.63, 3.8) is 0 Å². The van der Waals surface area contributed by atoms with Gasteiger partial charge in [-0.25, -0.2) is 0 Å². The van der Waals surface area contributed by atoms with Gasteiger partial charge in [-0.2, -0.15) is 0 Å². The highest BCUT2D eigenvalue weighted by molar-refractivity contribution is 5.36. The van der Waals surface area contributed by atoms with Gasteiger partial charge in [0.2, 0.25) is 0 Å². The highest BCUT2D eigenvalue weighted by atomic mass is 16.3. The highest BCUT2D eigenvalue weighted by Crippen LogP contribution is 2.23. The average molecular weight is 197 g/mol. The van der Waals surface area contributed by atoms with Crippen LogP contribution in [0.2, 0.25) is 0 Å². The van der Waals surface area contributed by atoms with Crippen LogP contribution in [-0.2, 0) is 6.61 Å². The first kappa shape index (κ1) is 11.0. The number of hydrogen-bond acceptors (Lipinski definition) is 4. The lowest BCUT2D eigenvalue weighted by Gasteiger charge is -2.18. The topological polar surface area (TPSA) is 86.7 Å². The van der Waals surface area contributed by atoms with Crippen LogP contribution in [0.3, 0.4) is 0 Å². The molecule has 0 aliphatic rings. The summed E-state index contributed by atoms with van der Waals surface area (Å²) >= 11 is 0. The second-order valence-corrected chi connectivity index (χ2v) is 3.31. The van der Waals surface area contributed by atoms with E-state index < -0.39 is 12.1 Å². The number of phenolic OH excluding ortho intramolecular Hbond substituents is 1. The van der Waals surface area contributed by atoms with Crippen molar-refractivity contribution in [3.8, 4) is 5.75 Å². The highest BCUT2D eigenvalue weighted by Gasteiger charge is 2.15. The van der Waals surface area contributed by atoms with E-state index in [0.29, 0.717) is 11.1 Å². The molecule has 1 rings (SSSR count). The molecule has 2 atom stereocenters. The number of aliphatic hydroxyl groups is 2. The fraction of sp³-hybridized carbons (Fsp3) is 0.400. The van der Waals surface area contributed by atoms with Gasteiger partial charge >= 0.3 is 0 Å².